The van der Waals surface area contributed by atoms with Crippen LogP contribution in [0.4, 0.5) is 11.6 Å². The third-order valence-corrected chi connectivity index (χ3v) is 8.98. The monoisotopic (exact) mass is 598 g/mol. The van der Waals surface area contributed by atoms with E-state index in [9.17, 15) is 19.2 Å². The van der Waals surface area contributed by atoms with Crippen LogP contribution in [-0.2, 0) is 14.3 Å². The summed E-state index contributed by atoms with van der Waals surface area (Å²) in [6.07, 6.45) is 10.2. The van der Waals surface area contributed by atoms with Gasteiger partial charge < -0.3 is 15.0 Å². The summed E-state index contributed by atoms with van der Waals surface area (Å²) in [7, 11) is 0. The first-order valence-corrected chi connectivity index (χ1v) is 15.2. The molecule has 3 fully saturated rings. The summed E-state index contributed by atoms with van der Waals surface area (Å²) in [5.74, 6) is -0.636. The van der Waals surface area contributed by atoms with Crippen molar-refractivity contribution in [3.05, 3.63) is 54.0 Å². The first kappa shape index (κ1) is 28.1. The summed E-state index contributed by atoms with van der Waals surface area (Å²) in [4.78, 5) is 62.1. The van der Waals surface area contributed by atoms with Crippen molar-refractivity contribution in [2.75, 3.05) is 43.1 Å². The molecule has 3 aromatic rings. The van der Waals surface area contributed by atoms with Gasteiger partial charge in [-0.2, -0.15) is 5.10 Å². The molecule has 0 bridgehead atoms. The van der Waals surface area contributed by atoms with Crippen molar-refractivity contribution in [1.82, 2.24) is 30.0 Å². The number of morpholine rings is 1. The number of aromatic nitrogens is 4. The number of ether oxygens (including phenoxy) is 1. The van der Waals surface area contributed by atoms with Crippen LogP contribution in [-0.4, -0.2) is 87.2 Å². The Labute approximate surface area is 254 Å². The number of anilines is 2. The minimum atomic E-state index is -0.961. The van der Waals surface area contributed by atoms with Gasteiger partial charge in [0.25, 0.3) is 11.8 Å². The van der Waals surface area contributed by atoms with E-state index in [0.29, 0.717) is 25.2 Å². The lowest BCUT2D eigenvalue weighted by Crippen LogP contribution is -2.54. The lowest BCUT2D eigenvalue weighted by molar-refractivity contribution is -0.136. The molecule has 13 heteroatoms. The molecule has 2 saturated heterocycles. The van der Waals surface area contributed by atoms with Crippen molar-refractivity contribution in [2.45, 2.75) is 50.6 Å². The van der Waals surface area contributed by atoms with Gasteiger partial charge >= 0.3 is 0 Å². The Morgan fingerprint density at radius 3 is 2.66 bits per heavy atom. The predicted molar refractivity (Wildman–Crippen MR) is 159 cm³/mol. The summed E-state index contributed by atoms with van der Waals surface area (Å²) in [6.45, 7) is 3.70. The van der Waals surface area contributed by atoms with E-state index in [4.69, 9.17) is 9.72 Å². The first-order valence-electron chi connectivity index (χ1n) is 15.2. The first-order chi connectivity index (χ1) is 21.4. The van der Waals surface area contributed by atoms with E-state index in [1.165, 1.54) is 0 Å². The Morgan fingerprint density at radius 2 is 1.84 bits per heavy atom. The Bertz CT molecular complexity index is 1610. The van der Waals surface area contributed by atoms with Crippen LogP contribution < -0.4 is 15.5 Å². The molecular weight excluding hydrogens is 564 g/mol. The van der Waals surface area contributed by atoms with Gasteiger partial charge in [0.05, 0.1) is 42.3 Å². The fourth-order valence-corrected chi connectivity index (χ4v) is 6.45. The van der Waals surface area contributed by atoms with Crippen molar-refractivity contribution in [3.8, 4) is 11.3 Å². The fourth-order valence-electron chi connectivity index (χ4n) is 6.45. The molecule has 44 heavy (non-hydrogen) atoms. The molecule has 1 saturated carbocycles. The summed E-state index contributed by atoms with van der Waals surface area (Å²) in [5, 5.41) is 10.2. The SMILES string of the molecule is O=C1CCC(N2C(=O)c3ccc(NCCCC4CC(n5cc(-c6ccnc(N7CCOCC7)n6)cn5)C4)cc3C2=O)C(=O)N1. The lowest BCUT2D eigenvalue weighted by Gasteiger charge is -2.35. The number of carbonyl (C=O) groups is 4. The molecule has 7 rings (SSSR count). The van der Waals surface area contributed by atoms with Gasteiger partial charge in [0.1, 0.15) is 6.04 Å². The number of nitrogens with one attached hydrogen (secondary N) is 2. The van der Waals surface area contributed by atoms with Crippen LogP contribution in [0.15, 0.2) is 42.9 Å². The lowest BCUT2D eigenvalue weighted by atomic mass is 9.77. The highest BCUT2D eigenvalue weighted by Crippen LogP contribution is 2.40. The number of carbonyl (C=O) groups excluding carboxylic acids is 4. The second-order valence-electron chi connectivity index (χ2n) is 11.8. The molecule has 1 aliphatic carbocycles. The van der Waals surface area contributed by atoms with Gasteiger partial charge in [-0.3, -0.25) is 34.1 Å². The van der Waals surface area contributed by atoms with Gasteiger partial charge in [0.2, 0.25) is 17.8 Å². The van der Waals surface area contributed by atoms with Crippen molar-refractivity contribution in [3.63, 3.8) is 0 Å². The van der Waals surface area contributed by atoms with Crippen LogP contribution in [0, 0.1) is 5.92 Å². The predicted octanol–water partition coefficient (Wildman–Crippen LogP) is 2.42. The average Bonchev–Trinajstić information content (AvgIpc) is 3.60. The van der Waals surface area contributed by atoms with E-state index in [0.717, 1.165) is 73.1 Å². The van der Waals surface area contributed by atoms with Crippen molar-refractivity contribution in [2.24, 2.45) is 5.92 Å². The Balaban J connectivity index is 0.874. The molecule has 2 N–H and O–H groups in total. The molecule has 0 radical (unpaired) electrons. The second-order valence-corrected chi connectivity index (χ2v) is 11.8. The van der Waals surface area contributed by atoms with Crippen LogP contribution in [0.25, 0.3) is 11.3 Å². The minimum absolute atomic E-state index is 0.0981. The van der Waals surface area contributed by atoms with E-state index in [-0.39, 0.29) is 29.9 Å². The summed E-state index contributed by atoms with van der Waals surface area (Å²) >= 11 is 0. The van der Waals surface area contributed by atoms with Crippen molar-refractivity contribution >= 4 is 35.3 Å². The molecule has 3 aliphatic heterocycles. The molecule has 13 nitrogen and oxygen atoms in total. The number of imide groups is 2. The Kier molecular flexibility index (Phi) is 7.54. The molecule has 4 amide bonds. The highest BCUT2D eigenvalue weighted by Gasteiger charge is 2.44. The Hall–Kier alpha value is -4.65. The maximum absolute atomic E-state index is 13.1. The van der Waals surface area contributed by atoms with Gasteiger partial charge in [-0.05, 0) is 62.3 Å². The topological polar surface area (TPSA) is 152 Å². The summed E-state index contributed by atoms with van der Waals surface area (Å²) in [5.41, 5.74) is 3.18. The summed E-state index contributed by atoms with van der Waals surface area (Å²) in [6, 6.07) is 6.44. The van der Waals surface area contributed by atoms with E-state index in [2.05, 4.69) is 36.5 Å². The molecule has 228 valence electrons. The Morgan fingerprint density at radius 1 is 1.02 bits per heavy atom. The van der Waals surface area contributed by atoms with Crippen LogP contribution >= 0.6 is 0 Å². The highest BCUT2D eigenvalue weighted by atomic mass is 16.5. The number of piperidine rings is 1. The number of rotatable bonds is 9. The van der Waals surface area contributed by atoms with E-state index < -0.39 is 23.8 Å². The molecule has 1 atom stereocenters. The third kappa shape index (κ3) is 5.43. The van der Waals surface area contributed by atoms with E-state index >= 15 is 0 Å². The van der Waals surface area contributed by atoms with E-state index in [1.807, 2.05) is 12.3 Å². The standard InChI is InChI=1S/C31H34N8O5/c40-27-6-5-26(28(41)36-27)39-29(42)23-4-3-21(16-24(23)30(39)43)32-8-1-2-19-14-22(15-19)38-18-20(17-34-38)25-7-9-33-31(35-25)37-10-12-44-13-11-37/h3-4,7,9,16-19,22,26,32H,1-2,5-6,8,10-15H2,(H,36,40,41). The van der Waals surface area contributed by atoms with Gasteiger partial charge in [-0.1, -0.05) is 0 Å². The van der Waals surface area contributed by atoms with Crippen LogP contribution in [0.2, 0.25) is 0 Å². The number of benzene rings is 1. The molecule has 1 unspecified atom stereocenters. The van der Waals surface area contributed by atoms with Crippen LogP contribution in [0.5, 0.6) is 0 Å². The zero-order valence-corrected chi connectivity index (χ0v) is 24.3. The van der Waals surface area contributed by atoms with Gasteiger partial charge in [0, 0.05) is 49.7 Å². The molecule has 5 heterocycles. The zero-order chi connectivity index (χ0) is 30.2. The third-order valence-electron chi connectivity index (χ3n) is 8.98. The van der Waals surface area contributed by atoms with Crippen LogP contribution in [0.1, 0.15) is 65.3 Å². The highest BCUT2D eigenvalue weighted by molar-refractivity contribution is 6.23. The number of hydrogen-bond acceptors (Lipinski definition) is 10. The maximum Gasteiger partial charge on any atom is 0.262 e. The van der Waals surface area contributed by atoms with Crippen molar-refractivity contribution in [1.29, 1.82) is 0 Å². The smallest absolute Gasteiger partial charge is 0.262 e. The quantitative estimate of drug-likeness (QED) is 0.278. The van der Waals surface area contributed by atoms with Crippen molar-refractivity contribution < 1.29 is 23.9 Å². The average molecular weight is 599 g/mol. The van der Waals surface area contributed by atoms with Gasteiger partial charge in [-0.15, -0.1) is 0 Å². The number of hydrogen-bond donors (Lipinski definition) is 2. The van der Waals surface area contributed by atoms with Crippen LogP contribution in [0.3, 0.4) is 0 Å². The fraction of sp³-hybridized carbons (Fsp3) is 0.452. The summed E-state index contributed by atoms with van der Waals surface area (Å²) < 4.78 is 7.49. The zero-order valence-electron chi connectivity index (χ0n) is 24.3. The molecular formula is C31H34N8O5. The maximum atomic E-state index is 13.1. The number of nitrogens with zero attached hydrogens (tertiary/aromatic N) is 6. The molecule has 0 spiro atoms. The molecule has 2 aromatic heterocycles. The number of amides is 4. The largest absolute Gasteiger partial charge is 0.385 e. The molecule has 4 aliphatic rings. The normalized spacial score (nSPS) is 23.4. The van der Waals surface area contributed by atoms with Gasteiger partial charge in [0.15, 0.2) is 0 Å². The van der Waals surface area contributed by atoms with E-state index in [1.54, 1.807) is 24.4 Å². The second kappa shape index (κ2) is 11.8. The number of fused-ring (bicyclic) bond motifs is 1. The van der Waals surface area contributed by atoms with Gasteiger partial charge in [-0.25, -0.2) is 9.97 Å². The minimum Gasteiger partial charge on any atom is -0.385 e. The molecule has 1 aromatic carbocycles.